The fourth-order valence-corrected chi connectivity index (χ4v) is 2.05. The molecule has 0 radical (unpaired) electrons. The summed E-state index contributed by atoms with van der Waals surface area (Å²) in [5.74, 6) is -1.12. The van der Waals surface area contributed by atoms with E-state index in [1.54, 1.807) is 6.07 Å². The second-order valence-corrected chi connectivity index (χ2v) is 4.90. The van der Waals surface area contributed by atoms with Gasteiger partial charge in [-0.05, 0) is 28.4 Å². The van der Waals surface area contributed by atoms with Crippen LogP contribution in [0.3, 0.4) is 0 Å². The van der Waals surface area contributed by atoms with Crippen molar-refractivity contribution in [2.75, 3.05) is 13.7 Å². The number of rotatable bonds is 6. The molecule has 19 heavy (non-hydrogen) atoms. The van der Waals surface area contributed by atoms with Crippen molar-refractivity contribution in [3.05, 3.63) is 22.4 Å². The molecule has 1 amide bonds. The Bertz CT molecular complexity index is 459. The standard InChI is InChI=1S/C12H17BrN2O4/c1-3-4-15-7-8(13)5-9(15)11(17)14-6-10(16)12(18)19-2/h5,7,10,16H,3-4,6H2,1-2H3,(H,14,17). The molecule has 1 atom stereocenters. The van der Waals surface area contributed by atoms with E-state index in [0.717, 1.165) is 10.9 Å². The summed E-state index contributed by atoms with van der Waals surface area (Å²) in [7, 11) is 1.18. The maximum atomic E-state index is 12.0. The lowest BCUT2D eigenvalue weighted by atomic mass is 10.3. The quantitative estimate of drug-likeness (QED) is 0.759. The fourth-order valence-electron chi connectivity index (χ4n) is 1.59. The van der Waals surface area contributed by atoms with Crippen molar-refractivity contribution in [2.45, 2.75) is 26.0 Å². The van der Waals surface area contributed by atoms with Gasteiger partial charge in [0, 0.05) is 17.2 Å². The van der Waals surface area contributed by atoms with Crippen LogP contribution in [0.5, 0.6) is 0 Å². The molecule has 1 rings (SSSR count). The third-order valence-corrected chi connectivity index (χ3v) is 2.92. The molecule has 0 aliphatic rings. The summed E-state index contributed by atoms with van der Waals surface area (Å²) >= 11 is 3.31. The van der Waals surface area contributed by atoms with E-state index in [1.165, 1.54) is 7.11 Å². The van der Waals surface area contributed by atoms with Crippen molar-refractivity contribution in [3.8, 4) is 0 Å². The Kier molecular flexibility index (Phi) is 6.04. The number of amides is 1. The summed E-state index contributed by atoms with van der Waals surface area (Å²) in [6.45, 7) is 2.55. The van der Waals surface area contributed by atoms with Crippen molar-refractivity contribution in [2.24, 2.45) is 0 Å². The Morgan fingerprint density at radius 3 is 2.84 bits per heavy atom. The van der Waals surface area contributed by atoms with Crippen molar-refractivity contribution < 1.29 is 19.4 Å². The van der Waals surface area contributed by atoms with E-state index in [1.807, 2.05) is 17.7 Å². The number of halogens is 1. The van der Waals surface area contributed by atoms with E-state index in [-0.39, 0.29) is 12.5 Å². The third kappa shape index (κ3) is 4.36. The van der Waals surface area contributed by atoms with Crippen LogP contribution in [0.15, 0.2) is 16.7 Å². The summed E-state index contributed by atoms with van der Waals surface area (Å²) in [4.78, 5) is 23.0. The summed E-state index contributed by atoms with van der Waals surface area (Å²) in [6.07, 6.45) is 1.36. The molecule has 0 aliphatic carbocycles. The summed E-state index contributed by atoms with van der Waals surface area (Å²) < 4.78 is 6.98. The Hall–Kier alpha value is -1.34. The SMILES string of the molecule is CCCn1cc(Br)cc1C(=O)NCC(O)C(=O)OC. The number of nitrogens with one attached hydrogen (secondary N) is 1. The van der Waals surface area contributed by atoms with Crippen LogP contribution < -0.4 is 5.32 Å². The van der Waals surface area contributed by atoms with Crippen LogP contribution >= 0.6 is 15.9 Å². The number of methoxy groups -OCH3 is 1. The van der Waals surface area contributed by atoms with Gasteiger partial charge in [-0.15, -0.1) is 0 Å². The molecule has 7 heteroatoms. The van der Waals surface area contributed by atoms with E-state index in [2.05, 4.69) is 26.0 Å². The predicted molar refractivity (Wildman–Crippen MR) is 72.8 cm³/mol. The van der Waals surface area contributed by atoms with Gasteiger partial charge in [0.15, 0.2) is 6.10 Å². The second-order valence-electron chi connectivity index (χ2n) is 3.99. The first-order chi connectivity index (χ1) is 8.99. The van der Waals surface area contributed by atoms with Gasteiger partial charge in [0.25, 0.3) is 5.91 Å². The number of aryl methyl sites for hydroxylation is 1. The zero-order chi connectivity index (χ0) is 14.4. The van der Waals surface area contributed by atoms with E-state index in [0.29, 0.717) is 12.2 Å². The Labute approximate surface area is 119 Å². The van der Waals surface area contributed by atoms with Crippen LogP contribution in [0.25, 0.3) is 0 Å². The molecule has 1 aromatic rings. The number of aliphatic hydroxyl groups excluding tert-OH is 1. The van der Waals surface area contributed by atoms with Gasteiger partial charge in [-0.2, -0.15) is 0 Å². The molecule has 1 heterocycles. The monoisotopic (exact) mass is 332 g/mol. The number of aliphatic hydroxyl groups is 1. The number of hydrogen-bond acceptors (Lipinski definition) is 4. The minimum atomic E-state index is -1.35. The zero-order valence-corrected chi connectivity index (χ0v) is 12.4. The van der Waals surface area contributed by atoms with Crippen LogP contribution in [-0.2, 0) is 16.1 Å². The topological polar surface area (TPSA) is 80.6 Å². The molecule has 2 N–H and O–H groups in total. The van der Waals surface area contributed by atoms with Crippen molar-refractivity contribution in [1.29, 1.82) is 0 Å². The van der Waals surface area contributed by atoms with Gasteiger partial charge >= 0.3 is 5.97 Å². The lowest BCUT2D eigenvalue weighted by molar-refractivity contribution is -0.149. The maximum absolute atomic E-state index is 12.0. The van der Waals surface area contributed by atoms with Crippen LogP contribution in [-0.4, -0.2) is 41.3 Å². The van der Waals surface area contributed by atoms with Gasteiger partial charge in [0.1, 0.15) is 5.69 Å². The van der Waals surface area contributed by atoms with Crippen molar-refractivity contribution >= 4 is 27.8 Å². The highest BCUT2D eigenvalue weighted by Gasteiger charge is 2.18. The molecule has 1 aromatic heterocycles. The Balaban J connectivity index is 2.65. The van der Waals surface area contributed by atoms with Crippen LogP contribution in [0.4, 0.5) is 0 Å². The van der Waals surface area contributed by atoms with Crippen LogP contribution in [0, 0.1) is 0 Å². The van der Waals surface area contributed by atoms with E-state index in [4.69, 9.17) is 0 Å². The molecule has 6 nitrogen and oxygen atoms in total. The average Bonchev–Trinajstić information content (AvgIpc) is 2.76. The lowest BCUT2D eigenvalue weighted by Crippen LogP contribution is -2.37. The number of carbonyl (C=O) groups is 2. The van der Waals surface area contributed by atoms with Gasteiger partial charge in [0.05, 0.1) is 13.7 Å². The Morgan fingerprint density at radius 2 is 2.26 bits per heavy atom. The van der Waals surface area contributed by atoms with Gasteiger partial charge in [-0.1, -0.05) is 6.92 Å². The summed E-state index contributed by atoms with van der Waals surface area (Å²) in [5, 5.41) is 11.9. The molecule has 1 unspecified atom stereocenters. The fraction of sp³-hybridized carbons (Fsp3) is 0.500. The first-order valence-corrected chi connectivity index (χ1v) is 6.68. The number of nitrogens with zero attached hydrogens (tertiary/aromatic N) is 1. The van der Waals surface area contributed by atoms with E-state index in [9.17, 15) is 14.7 Å². The molecule has 0 saturated carbocycles. The molecule has 0 aromatic carbocycles. The zero-order valence-electron chi connectivity index (χ0n) is 10.9. The highest BCUT2D eigenvalue weighted by Crippen LogP contribution is 2.15. The number of carbonyl (C=O) groups excluding carboxylic acids is 2. The number of esters is 1. The van der Waals surface area contributed by atoms with Crippen LogP contribution in [0.1, 0.15) is 23.8 Å². The minimum absolute atomic E-state index is 0.180. The molecule has 0 saturated heterocycles. The summed E-state index contributed by atoms with van der Waals surface area (Å²) in [6, 6.07) is 1.69. The Morgan fingerprint density at radius 1 is 1.58 bits per heavy atom. The van der Waals surface area contributed by atoms with E-state index >= 15 is 0 Å². The normalized spacial score (nSPS) is 12.0. The molecule has 0 aliphatic heterocycles. The molecule has 0 bridgehead atoms. The molecular formula is C12H17BrN2O4. The second kappa shape index (κ2) is 7.30. The largest absolute Gasteiger partial charge is 0.467 e. The van der Waals surface area contributed by atoms with Gasteiger partial charge in [-0.3, -0.25) is 4.79 Å². The first-order valence-electron chi connectivity index (χ1n) is 5.89. The average molecular weight is 333 g/mol. The molecule has 0 spiro atoms. The summed E-state index contributed by atoms with van der Waals surface area (Å²) in [5.41, 5.74) is 0.478. The molecule has 106 valence electrons. The van der Waals surface area contributed by atoms with Gasteiger partial charge in [-0.25, -0.2) is 4.79 Å². The van der Waals surface area contributed by atoms with Crippen molar-refractivity contribution in [1.82, 2.24) is 9.88 Å². The highest BCUT2D eigenvalue weighted by atomic mass is 79.9. The number of ether oxygens (including phenoxy) is 1. The molecular weight excluding hydrogens is 316 g/mol. The van der Waals surface area contributed by atoms with Gasteiger partial charge in [0.2, 0.25) is 0 Å². The number of aromatic nitrogens is 1. The smallest absolute Gasteiger partial charge is 0.336 e. The first kappa shape index (κ1) is 15.7. The lowest BCUT2D eigenvalue weighted by Gasteiger charge is -2.11. The minimum Gasteiger partial charge on any atom is -0.467 e. The number of hydrogen-bond donors (Lipinski definition) is 2. The van der Waals surface area contributed by atoms with Crippen LogP contribution in [0.2, 0.25) is 0 Å². The third-order valence-electron chi connectivity index (χ3n) is 2.49. The van der Waals surface area contributed by atoms with Crippen molar-refractivity contribution in [3.63, 3.8) is 0 Å². The predicted octanol–water partition coefficient (Wildman–Crippen LogP) is 0.924. The van der Waals surface area contributed by atoms with E-state index < -0.39 is 12.1 Å². The highest BCUT2D eigenvalue weighted by molar-refractivity contribution is 9.10. The van der Waals surface area contributed by atoms with Gasteiger partial charge < -0.3 is 19.7 Å². The maximum Gasteiger partial charge on any atom is 0.336 e. The molecule has 0 fully saturated rings.